The van der Waals surface area contributed by atoms with Crippen molar-refractivity contribution in [2.24, 2.45) is 11.3 Å². The second-order valence-corrected chi connectivity index (χ2v) is 14.1. The molecule has 4 fully saturated rings. The number of fused-ring (bicyclic) bond motifs is 4. The van der Waals surface area contributed by atoms with Gasteiger partial charge in [0, 0.05) is 53.8 Å². The van der Waals surface area contributed by atoms with Gasteiger partial charge in [-0.05, 0) is 101 Å². The summed E-state index contributed by atoms with van der Waals surface area (Å²) in [7, 11) is 0. The number of allylic oxidation sites excluding steroid dienone is 3. The Morgan fingerprint density at radius 1 is 0.952 bits per heavy atom. The van der Waals surface area contributed by atoms with Gasteiger partial charge in [0.1, 0.15) is 17.1 Å². The topological polar surface area (TPSA) is 61.5 Å². The van der Waals surface area contributed by atoms with Crippen molar-refractivity contribution in [3.63, 3.8) is 0 Å². The van der Waals surface area contributed by atoms with Gasteiger partial charge in [0.15, 0.2) is 0 Å². The maximum Gasteiger partial charge on any atom is 0.133 e. The highest BCUT2D eigenvalue weighted by Crippen LogP contribution is 2.70. The predicted molar refractivity (Wildman–Crippen MR) is 166 cm³/mol. The first kappa shape index (κ1) is 25.7. The Labute approximate surface area is 248 Å². The standard InChI is InChI=1S/C36H42N4O2/c41-25-10-9-20-40-33-34-23-36(40,17-13-25)42-35(33)16-7-3-1-2-4-8-19-39(24-34)21-15-29(34)28(22-35)31-32-27(14-18-37-31)26-11-5-6-12-30(26)38-32/h1,3,5-6,11-12,14,18,22,29,33,38H,2,4,7-10,13,15-17,19-21,23-24H2/b3-1-/t29?,33-,34+,35+,36+/m0/s1. The van der Waals surface area contributed by atoms with Crippen LogP contribution < -0.4 is 0 Å². The molecule has 6 aliphatic rings. The number of H-pyrrole nitrogens is 1. The van der Waals surface area contributed by atoms with Crippen molar-refractivity contribution in [1.29, 1.82) is 0 Å². The van der Waals surface area contributed by atoms with Crippen LogP contribution in [0.2, 0.25) is 0 Å². The third-order valence-corrected chi connectivity index (χ3v) is 11.9. The van der Waals surface area contributed by atoms with Crippen LogP contribution in [0.3, 0.4) is 0 Å². The Hall–Kier alpha value is -2.80. The number of carbonyl (C=O) groups is 1. The molecule has 6 atom stereocenters. The first-order valence-electron chi connectivity index (χ1n) is 16.6. The van der Waals surface area contributed by atoms with Gasteiger partial charge in [0.05, 0.1) is 17.3 Å². The first-order valence-corrected chi connectivity index (χ1v) is 16.6. The van der Waals surface area contributed by atoms with Crippen molar-refractivity contribution >= 4 is 33.2 Å². The molecule has 0 saturated carbocycles. The zero-order valence-corrected chi connectivity index (χ0v) is 24.6. The molecule has 2 aromatic heterocycles. The molecule has 5 bridgehead atoms. The highest BCUT2D eigenvalue weighted by molar-refractivity contribution is 6.09. The molecular formula is C36H42N4O2. The number of nitrogens with zero attached hydrogens (tertiary/aromatic N) is 3. The van der Waals surface area contributed by atoms with Gasteiger partial charge in [-0.1, -0.05) is 30.4 Å². The van der Waals surface area contributed by atoms with Gasteiger partial charge in [-0.15, -0.1) is 0 Å². The molecule has 1 aliphatic carbocycles. The minimum atomic E-state index is -0.366. The number of piperidine rings is 1. The van der Waals surface area contributed by atoms with Crippen LogP contribution in [0.25, 0.3) is 27.4 Å². The molecule has 218 valence electrons. The number of aromatic amines is 1. The van der Waals surface area contributed by atoms with Gasteiger partial charge in [-0.25, -0.2) is 0 Å². The molecule has 6 heteroatoms. The van der Waals surface area contributed by atoms with E-state index in [1.54, 1.807) is 0 Å². The third-order valence-electron chi connectivity index (χ3n) is 11.9. The van der Waals surface area contributed by atoms with Gasteiger partial charge < -0.3 is 14.6 Å². The lowest BCUT2D eigenvalue weighted by molar-refractivity contribution is -0.180. The number of carbonyl (C=O) groups excluding carboxylic acids is 1. The number of Topliss-reactive ketones (excluding diaryl/α,β-unsaturated/α-hetero) is 1. The summed E-state index contributed by atoms with van der Waals surface area (Å²) < 4.78 is 7.53. The van der Waals surface area contributed by atoms with Crippen LogP contribution >= 0.6 is 0 Å². The summed E-state index contributed by atoms with van der Waals surface area (Å²) in [6.45, 7) is 4.44. The van der Waals surface area contributed by atoms with Gasteiger partial charge in [0.2, 0.25) is 0 Å². The van der Waals surface area contributed by atoms with E-state index in [2.05, 4.69) is 63.3 Å². The molecule has 1 aromatic carbocycles. The Morgan fingerprint density at radius 3 is 2.86 bits per heavy atom. The molecule has 1 spiro atoms. The molecule has 7 heterocycles. The quantitative estimate of drug-likeness (QED) is 0.338. The van der Waals surface area contributed by atoms with Crippen LogP contribution in [0.15, 0.2) is 54.8 Å². The van der Waals surface area contributed by atoms with E-state index in [1.807, 2.05) is 6.20 Å². The van der Waals surface area contributed by atoms with Crippen LogP contribution in [0.5, 0.6) is 0 Å². The summed E-state index contributed by atoms with van der Waals surface area (Å²) in [5.74, 6) is 0.850. The van der Waals surface area contributed by atoms with Crippen LogP contribution in [0, 0.1) is 11.3 Å². The number of hydrogen-bond donors (Lipinski definition) is 1. The molecule has 6 nitrogen and oxygen atoms in total. The number of pyridine rings is 1. The first-order chi connectivity index (χ1) is 20.6. The number of hydrogen-bond acceptors (Lipinski definition) is 5. The maximum absolute atomic E-state index is 12.8. The van der Waals surface area contributed by atoms with E-state index in [0.29, 0.717) is 30.6 Å². The van der Waals surface area contributed by atoms with Crippen molar-refractivity contribution in [2.75, 3.05) is 26.2 Å². The average Bonchev–Trinajstić information content (AvgIpc) is 3.58. The van der Waals surface area contributed by atoms with E-state index in [1.165, 1.54) is 47.7 Å². The average molecular weight is 563 g/mol. The van der Waals surface area contributed by atoms with Gasteiger partial charge in [0.25, 0.3) is 0 Å². The maximum atomic E-state index is 12.8. The smallest absolute Gasteiger partial charge is 0.133 e. The number of aromatic nitrogens is 2. The molecule has 42 heavy (non-hydrogen) atoms. The van der Waals surface area contributed by atoms with Crippen molar-refractivity contribution in [3.8, 4) is 0 Å². The van der Waals surface area contributed by atoms with E-state index in [4.69, 9.17) is 9.72 Å². The summed E-state index contributed by atoms with van der Waals surface area (Å²) in [6, 6.07) is 11.2. The number of para-hydroxylation sites is 1. The predicted octanol–water partition coefficient (Wildman–Crippen LogP) is 6.62. The Balaban J connectivity index is 1.27. The normalized spacial score (nSPS) is 39.2. The number of benzene rings is 1. The summed E-state index contributed by atoms with van der Waals surface area (Å²) in [5, 5.41) is 2.52. The summed E-state index contributed by atoms with van der Waals surface area (Å²) in [6.07, 6.45) is 20.5. The fraction of sp³-hybridized carbons (Fsp3) is 0.556. The van der Waals surface area contributed by atoms with Gasteiger partial charge in [-0.3, -0.25) is 14.7 Å². The molecular weight excluding hydrogens is 520 g/mol. The molecule has 4 saturated heterocycles. The lowest BCUT2D eigenvalue weighted by atomic mass is 9.53. The van der Waals surface area contributed by atoms with Crippen LogP contribution in [-0.4, -0.2) is 69.1 Å². The minimum Gasteiger partial charge on any atom is -0.353 e. The third kappa shape index (κ3) is 3.55. The highest BCUT2D eigenvalue weighted by Gasteiger charge is 2.77. The largest absolute Gasteiger partial charge is 0.353 e. The number of nitrogens with one attached hydrogen (secondary N) is 1. The fourth-order valence-electron chi connectivity index (χ4n) is 10.5. The van der Waals surface area contributed by atoms with Crippen LogP contribution in [-0.2, 0) is 9.53 Å². The zero-order chi connectivity index (χ0) is 27.9. The molecule has 1 N–H and O–H groups in total. The van der Waals surface area contributed by atoms with E-state index >= 15 is 0 Å². The lowest BCUT2D eigenvalue weighted by Crippen LogP contribution is -2.65. The highest BCUT2D eigenvalue weighted by atomic mass is 16.6. The molecule has 0 radical (unpaired) electrons. The van der Waals surface area contributed by atoms with Crippen LogP contribution in [0.1, 0.15) is 76.3 Å². The lowest BCUT2D eigenvalue weighted by Gasteiger charge is -2.59. The molecule has 3 aromatic rings. The minimum absolute atomic E-state index is 0.0988. The van der Waals surface area contributed by atoms with Crippen LogP contribution in [0.4, 0.5) is 0 Å². The van der Waals surface area contributed by atoms with E-state index in [-0.39, 0.29) is 16.7 Å². The number of rotatable bonds is 1. The number of ether oxygens (including phenoxy) is 1. The van der Waals surface area contributed by atoms with Crippen molar-refractivity contribution in [3.05, 3.63) is 60.5 Å². The molecule has 0 amide bonds. The fourth-order valence-corrected chi connectivity index (χ4v) is 10.5. The molecule has 2 unspecified atom stereocenters. The van der Waals surface area contributed by atoms with Gasteiger partial charge >= 0.3 is 0 Å². The summed E-state index contributed by atoms with van der Waals surface area (Å²) in [5.41, 5.74) is 4.28. The Kier molecular flexibility index (Phi) is 5.71. The van der Waals surface area contributed by atoms with Gasteiger partial charge in [-0.2, -0.15) is 0 Å². The molecule has 9 rings (SSSR count). The van der Waals surface area contributed by atoms with Crippen molar-refractivity contribution in [1.82, 2.24) is 19.8 Å². The SMILES string of the molecule is O=C1CCCN2[C@H]3[C@]45CN6CCCC/C=C\CC[C@]3(C=C(c3nccc7c3[nH]c3ccccc37)C4CC6)O[C@]2(CC1)C5. The van der Waals surface area contributed by atoms with E-state index in [0.717, 1.165) is 69.4 Å². The monoisotopic (exact) mass is 562 g/mol. The van der Waals surface area contributed by atoms with E-state index < -0.39 is 0 Å². The Bertz CT molecular complexity index is 1640. The molecule has 5 aliphatic heterocycles. The Morgan fingerprint density at radius 2 is 1.88 bits per heavy atom. The number of ketones is 1. The van der Waals surface area contributed by atoms with Crippen molar-refractivity contribution < 1.29 is 9.53 Å². The van der Waals surface area contributed by atoms with Crippen molar-refractivity contribution in [2.45, 2.75) is 88.0 Å². The second-order valence-electron chi connectivity index (χ2n) is 14.1. The summed E-state index contributed by atoms with van der Waals surface area (Å²) in [4.78, 5) is 27.3. The summed E-state index contributed by atoms with van der Waals surface area (Å²) >= 11 is 0. The second kappa shape index (κ2) is 9.35. The van der Waals surface area contributed by atoms with E-state index in [9.17, 15) is 4.79 Å². The zero-order valence-electron chi connectivity index (χ0n) is 24.6.